The lowest BCUT2D eigenvalue weighted by Gasteiger charge is -2.32. The summed E-state index contributed by atoms with van der Waals surface area (Å²) in [5, 5.41) is 11.5. The Labute approximate surface area is 117 Å². The van der Waals surface area contributed by atoms with E-state index in [1.807, 2.05) is 6.92 Å². The zero-order chi connectivity index (χ0) is 14.8. The van der Waals surface area contributed by atoms with E-state index in [-0.39, 0.29) is 17.2 Å². The molecule has 4 nitrogen and oxygen atoms in total. The summed E-state index contributed by atoms with van der Waals surface area (Å²) in [6.07, 6.45) is 4.52. The summed E-state index contributed by atoms with van der Waals surface area (Å²) < 4.78 is 13.8. The smallest absolute Gasteiger partial charge is 0.337 e. The second-order valence-corrected chi connectivity index (χ2v) is 5.54. The van der Waals surface area contributed by atoms with Crippen LogP contribution in [0.3, 0.4) is 0 Å². The second-order valence-electron chi connectivity index (χ2n) is 5.54. The molecule has 0 unspecified atom stereocenters. The van der Waals surface area contributed by atoms with Crippen LogP contribution in [0.4, 0.5) is 10.1 Å². The molecule has 0 heterocycles. The Kier molecular flexibility index (Phi) is 4.06. The van der Waals surface area contributed by atoms with Gasteiger partial charge in [0.05, 0.1) is 11.3 Å². The van der Waals surface area contributed by atoms with Crippen molar-refractivity contribution in [2.24, 2.45) is 5.41 Å². The van der Waals surface area contributed by atoms with Crippen LogP contribution in [-0.2, 0) is 4.79 Å². The number of amides is 1. The number of hydrogen-bond donors (Lipinski definition) is 2. The number of benzene rings is 1. The molecule has 1 aliphatic carbocycles. The topological polar surface area (TPSA) is 66.4 Å². The molecule has 20 heavy (non-hydrogen) atoms. The minimum atomic E-state index is -1.26. The van der Waals surface area contributed by atoms with Gasteiger partial charge >= 0.3 is 5.97 Å². The first-order valence-corrected chi connectivity index (χ1v) is 6.77. The van der Waals surface area contributed by atoms with Gasteiger partial charge in [-0.2, -0.15) is 0 Å². The lowest BCUT2D eigenvalue weighted by Crippen LogP contribution is -2.36. The van der Waals surface area contributed by atoms with Crippen molar-refractivity contribution >= 4 is 17.6 Å². The standard InChI is InChI=1S/C15H18FNO3/c1-15(8-3-2-4-9-15)14(20)17-12-10(13(18)19)6-5-7-11(12)16/h5-7H,2-4,8-9H2,1H3,(H,17,20)(H,18,19). The second kappa shape index (κ2) is 5.61. The molecule has 0 atom stereocenters. The molecule has 0 aliphatic heterocycles. The SMILES string of the molecule is CC1(C(=O)Nc2c(F)cccc2C(=O)O)CCCCC1. The van der Waals surface area contributed by atoms with Crippen molar-refractivity contribution in [1.29, 1.82) is 0 Å². The molecule has 1 saturated carbocycles. The fraction of sp³-hybridized carbons (Fsp3) is 0.467. The van der Waals surface area contributed by atoms with Gasteiger partial charge in [-0.05, 0) is 25.0 Å². The summed E-state index contributed by atoms with van der Waals surface area (Å²) in [6.45, 7) is 1.85. The third-order valence-corrected chi connectivity index (χ3v) is 3.99. The number of rotatable bonds is 3. The molecule has 1 aromatic rings. The summed E-state index contributed by atoms with van der Waals surface area (Å²) in [5.74, 6) is -2.28. The van der Waals surface area contributed by atoms with Crippen molar-refractivity contribution in [2.75, 3.05) is 5.32 Å². The van der Waals surface area contributed by atoms with Gasteiger partial charge in [0.25, 0.3) is 0 Å². The number of para-hydroxylation sites is 1. The summed E-state index contributed by atoms with van der Waals surface area (Å²) in [4.78, 5) is 23.4. The number of carbonyl (C=O) groups excluding carboxylic acids is 1. The van der Waals surface area contributed by atoms with Crippen LogP contribution in [0, 0.1) is 11.2 Å². The number of carboxylic acid groups (broad SMARTS) is 1. The number of hydrogen-bond acceptors (Lipinski definition) is 2. The average molecular weight is 279 g/mol. The van der Waals surface area contributed by atoms with Crippen LogP contribution in [0.2, 0.25) is 0 Å². The van der Waals surface area contributed by atoms with Crippen molar-refractivity contribution < 1.29 is 19.1 Å². The molecule has 2 rings (SSSR count). The van der Waals surface area contributed by atoms with Crippen LogP contribution in [0.1, 0.15) is 49.4 Å². The average Bonchev–Trinajstić information content (AvgIpc) is 2.41. The van der Waals surface area contributed by atoms with E-state index in [1.165, 1.54) is 12.1 Å². The molecule has 5 heteroatoms. The van der Waals surface area contributed by atoms with Crippen LogP contribution >= 0.6 is 0 Å². The molecule has 0 radical (unpaired) electrons. The first-order valence-electron chi connectivity index (χ1n) is 6.77. The van der Waals surface area contributed by atoms with Crippen LogP contribution in [0.15, 0.2) is 18.2 Å². The highest BCUT2D eigenvalue weighted by atomic mass is 19.1. The molecule has 1 fully saturated rings. The minimum Gasteiger partial charge on any atom is -0.478 e. The van der Waals surface area contributed by atoms with E-state index in [4.69, 9.17) is 5.11 Å². The van der Waals surface area contributed by atoms with E-state index in [0.29, 0.717) is 0 Å². The number of carbonyl (C=O) groups is 2. The van der Waals surface area contributed by atoms with Gasteiger partial charge in [0.2, 0.25) is 5.91 Å². The van der Waals surface area contributed by atoms with Gasteiger partial charge in [-0.15, -0.1) is 0 Å². The van der Waals surface area contributed by atoms with Gasteiger partial charge in [0.1, 0.15) is 5.82 Å². The summed E-state index contributed by atoms with van der Waals surface area (Å²) in [6, 6.07) is 3.74. The monoisotopic (exact) mass is 279 g/mol. The maximum atomic E-state index is 13.8. The predicted molar refractivity (Wildman–Crippen MR) is 73.2 cm³/mol. The van der Waals surface area contributed by atoms with Crippen LogP contribution < -0.4 is 5.32 Å². The summed E-state index contributed by atoms with van der Waals surface area (Å²) in [5.41, 5.74) is -1.01. The van der Waals surface area contributed by atoms with Crippen LogP contribution in [-0.4, -0.2) is 17.0 Å². The van der Waals surface area contributed by atoms with Crippen LogP contribution in [0.25, 0.3) is 0 Å². The Morgan fingerprint density at radius 2 is 1.90 bits per heavy atom. The maximum absolute atomic E-state index is 13.8. The molecule has 0 bridgehead atoms. The van der Waals surface area contributed by atoms with E-state index in [2.05, 4.69) is 5.32 Å². The maximum Gasteiger partial charge on any atom is 0.337 e. The quantitative estimate of drug-likeness (QED) is 0.890. The Bertz CT molecular complexity index is 536. The van der Waals surface area contributed by atoms with Gasteiger partial charge in [0, 0.05) is 5.41 Å². The summed E-state index contributed by atoms with van der Waals surface area (Å²) in [7, 11) is 0. The summed E-state index contributed by atoms with van der Waals surface area (Å²) >= 11 is 0. The molecule has 0 aromatic heterocycles. The molecule has 0 spiro atoms. The molecule has 2 N–H and O–H groups in total. The van der Waals surface area contributed by atoms with Gasteiger partial charge in [-0.3, -0.25) is 4.79 Å². The normalized spacial score (nSPS) is 17.5. The molecule has 1 aromatic carbocycles. The van der Waals surface area contributed by atoms with Crippen molar-refractivity contribution in [2.45, 2.75) is 39.0 Å². The van der Waals surface area contributed by atoms with Crippen molar-refractivity contribution in [1.82, 2.24) is 0 Å². The minimum absolute atomic E-state index is 0.224. The Balaban J connectivity index is 2.25. The Morgan fingerprint density at radius 1 is 1.25 bits per heavy atom. The molecule has 1 amide bonds. The number of carboxylic acids is 1. The Hall–Kier alpha value is -1.91. The fourth-order valence-electron chi connectivity index (χ4n) is 2.65. The molecule has 108 valence electrons. The largest absolute Gasteiger partial charge is 0.478 e. The fourth-order valence-corrected chi connectivity index (χ4v) is 2.65. The zero-order valence-electron chi connectivity index (χ0n) is 11.4. The Morgan fingerprint density at radius 3 is 2.50 bits per heavy atom. The van der Waals surface area contributed by atoms with E-state index in [1.54, 1.807) is 0 Å². The zero-order valence-corrected chi connectivity index (χ0v) is 11.4. The van der Waals surface area contributed by atoms with Gasteiger partial charge in [0.15, 0.2) is 0 Å². The molecular weight excluding hydrogens is 261 g/mol. The first-order chi connectivity index (χ1) is 9.44. The first kappa shape index (κ1) is 14.5. The highest BCUT2D eigenvalue weighted by Crippen LogP contribution is 2.37. The van der Waals surface area contributed by atoms with Crippen molar-refractivity contribution in [3.63, 3.8) is 0 Å². The van der Waals surface area contributed by atoms with Crippen molar-refractivity contribution in [3.8, 4) is 0 Å². The third-order valence-electron chi connectivity index (χ3n) is 3.99. The number of anilines is 1. The molecule has 1 aliphatic rings. The molecule has 0 saturated heterocycles. The van der Waals surface area contributed by atoms with Gasteiger partial charge in [-0.25, -0.2) is 9.18 Å². The lowest BCUT2D eigenvalue weighted by atomic mass is 9.75. The van der Waals surface area contributed by atoms with Gasteiger partial charge < -0.3 is 10.4 Å². The van der Waals surface area contributed by atoms with Gasteiger partial charge in [-0.1, -0.05) is 32.3 Å². The van der Waals surface area contributed by atoms with Crippen molar-refractivity contribution in [3.05, 3.63) is 29.6 Å². The highest BCUT2D eigenvalue weighted by molar-refractivity contribution is 6.02. The predicted octanol–water partition coefficient (Wildman–Crippen LogP) is 3.43. The molecular formula is C15H18FNO3. The number of aromatic carboxylic acids is 1. The lowest BCUT2D eigenvalue weighted by molar-refractivity contribution is -0.126. The number of halogens is 1. The third kappa shape index (κ3) is 2.81. The van der Waals surface area contributed by atoms with E-state index in [9.17, 15) is 14.0 Å². The van der Waals surface area contributed by atoms with E-state index >= 15 is 0 Å². The van der Waals surface area contributed by atoms with Crippen LogP contribution in [0.5, 0.6) is 0 Å². The highest BCUT2D eigenvalue weighted by Gasteiger charge is 2.35. The van der Waals surface area contributed by atoms with E-state index < -0.39 is 17.2 Å². The number of nitrogens with one attached hydrogen (secondary N) is 1. The van der Waals surface area contributed by atoms with E-state index in [0.717, 1.165) is 38.2 Å².